The molecule has 0 spiro atoms. The Labute approximate surface area is 147 Å². The Morgan fingerprint density at radius 3 is 2.84 bits per heavy atom. The molecule has 25 heavy (non-hydrogen) atoms. The number of nitrogens with zero attached hydrogens (tertiary/aromatic N) is 2. The highest BCUT2D eigenvalue weighted by Gasteiger charge is 2.06. The second kappa shape index (κ2) is 8.42. The molecule has 3 aromatic rings. The van der Waals surface area contributed by atoms with Crippen LogP contribution in [0.2, 0.25) is 0 Å². The van der Waals surface area contributed by atoms with Crippen molar-refractivity contribution in [2.75, 3.05) is 7.11 Å². The van der Waals surface area contributed by atoms with Crippen LogP contribution in [-0.2, 0) is 11.2 Å². The summed E-state index contributed by atoms with van der Waals surface area (Å²) in [6.07, 6.45) is 8.81. The molecule has 0 aliphatic rings. The van der Waals surface area contributed by atoms with Gasteiger partial charge in [0, 0.05) is 29.9 Å². The molecule has 0 radical (unpaired) electrons. The number of hydrogen-bond acceptors (Lipinski definition) is 4. The minimum Gasteiger partial charge on any atom is -0.481 e. The number of rotatable bonds is 9. The number of hydrogen-bond donors (Lipinski definition) is 1. The van der Waals surface area contributed by atoms with E-state index in [1.165, 1.54) is 0 Å². The highest BCUT2D eigenvalue weighted by Crippen LogP contribution is 2.24. The molecule has 0 unspecified atom stereocenters. The van der Waals surface area contributed by atoms with Crippen molar-refractivity contribution >= 4 is 17.2 Å². The SMILES string of the molecule is COc1ccc2cc(-c3cnc(CCCCCCC=O)[nH]3)ccc2n1. The van der Waals surface area contributed by atoms with Gasteiger partial charge in [-0.1, -0.05) is 18.9 Å². The molecule has 0 aliphatic heterocycles. The van der Waals surface area contributed by atoms with E-state index in [9.17, 15) is 4.79 Å². The van der Waals surface area contributed by atoms with Crippen LogP contribution in [0, 0.1) is 0 Å². The van der Waals surface area contributed by atoms with Crippen molar-refractivity contribution in [1.29, 1.82) is 0 Å². The summed E-state index contributed by atoms with van der Waals surface area (Å²) in [6, 6.07) is 10.0. The molecule has 5 nitrogen and oxygen atoms in total. The van der Waals surface area contributed by atoms with Gasteiger partial charge in [-0.2, -0.15) is 0 Å². The van der Waals surface area contributed by atoms with Crippen LogP contribution < -0.4 is 4.74 Å². The molecule has 0 fully saturated rings. The number of methoxy groups -OCH3 is 1. The fourth-order valence-electron chi connectivity index (χ4n) is 2.90. The number of H-pyrrole nitrogens is 1. The van der Waals surface area contributed by atoms with Crippen LogP contribution in [0.5, 0.6) is 5.88 Å². The second-order valence-corrected chi connectivity index (χ2v) is 6.12. The number of benzene rings is 1. The number of aromatic amines is 1. The standard InChI is InChI=1S/C20H23N3O2/c1-25-20-11-9-15-13-16(8-10-17(15)23-20)18-14-21-19(22-18)7-5-3-2-4-6-12-24/h8-14H,2-7H2,1H3,(H,21,22). The van der Waals surface area contributed by atoms with E-state index in [1.54, 1.807) is 7.11 Å². The first kappa shape index (κ1) is 17.1. The van der Waals surface area contributed by atoms with Gasteiger partial charge in [-0.25, -0.2) is 9.97 Å². The van der Waals surface area contributed by atoms with Crippen LogP contribution >= 0.6 is 0 Å². The van der Waals surface area contributed by atoms with Crippen molar-refractivity contribution in [3.63, 3.8) is 0 Å². The molecule has 0 aliphatic carbocycles. The molecule has 0 saturated carbocycles. The molecule has 2 aromatic heterocycles. The summed E-state index contributed by atoms with van der Waals surface area (Å²) in [4.78, 5) is 22.6. The highest BCUT2D eigenvalue weighted by atomic mass is 16.5. The van der Waals surface area contributed by atoms with Crippen molar-refractivity contribution in [2.24, 2.45) is 0 Å². The van der Waals surface area contributed by atoms with Crippen molar-refractivity contribution in [1.82, 2.24) is 15.0 Å². The van der Waals surface area contributed by atoms with Gasteiger partial charge in [0.2, 0.25) is 5.88 Å². The number of fused-ring (bicyclic) bond motifs is 1. The normalized spacial score (nSPS) is 10.9. The Kier molecular flexibility index (Phi) is 5.77. The summed E-state index contributed by atoms with van der Waals surface area (Å²) in [6.45, 7) is 0. The molecular formula is C20H23N3O2. The van der Waals surface area contributed by atoms with Crippen LogP contribution in [-0.4, -0.2) is 28.3 Å². The highest BCUT2D eigenvalue weighted by molar-refractivity contribution is 5.84. The average molecular weight is 337 g/mol. The number of unbranched alkanes of at least 4 members (excludes halogenated alkanes) is 4. The third kappa shape index (κ3) is 4.44. The van der Waals surface area contributed by atoms with Gasteiger partial charge in [0.1, 0.15) is 12.1 Å². The summed E-state index contributed by atoms with van der Waals surface area (Å²) >= 11 is 0. The predicted octanol–water partition coefficient (Wildman–Crippen LogP) is 4.33. The second-order valence-electron chi connectivity index (χ2n) is 6.12. The summed E-state index contributed by atoms with van der Waals surface area (Å²) in [5.74, 6) is 1.63. The number of aryl methyl sites for hydroxylation is 1. The zero-order valence-electron chi connectivity index (χ0n) is 14.5. The third-order valence-electron chi connectivity index (χ3n) is 4.30. The van der Waals surface area contributed by atoms with E-state index in [1.807, 2.05) is 30.5 Å². The number of carbonyl (C=O) groups is 1. The Bertz CT molecular complexity index is 842. The van der Waals surface area contributed by atoms with E-state index in [2.05, 4.69) is 21.0 Å². The van der Waals surface area contributed by atoms with Gasteiger partial charge >= 0.3 is 0 Å². The molecule has 1 N–H and O–H groups in total. The van der Waals surface area contributed by atoms with E-state index < -0.39 is 0 Å². The lowest BCUT2D eigenvalue weighted by atomic mass is 10.1. The van der Waals surface area contributed by atoms with E-state index >= 15 is 0 Å². The Hall–Kier alpha value is -2.69. The number of aldehydes is 1. The largest absolute Gasteiger partial charge is 0.481 e. The van der Waals surface area contributed by atoms with E-state index in [0.29, 0.717) is 12.3 Å². The van der Waals surface area contributed by atoms with Gasteiger partial charge in [0.25, 0.3) is 0 Å². The minimum atomic E-state index is 0.622. The number of carbonyl (C=O) groups excluding carboxylic acids is 1. The van der Waals surface area contributed by atoms with Gasteiger partial charge in [-0.05, 0) is 31.0 Å². The first-order valence-corrected chi connectivity index (χ1v) is 8.73. The van der Waals surface area contributed by atoms with Crippen LogP contribution in [0.3, 0.4) is 0 Å². The zero-order chi connectivity index (χ0) is 17.5. The molecule has 0 atom stereocenters. The summed E-state index contributed by atoms with van der Waals surface area (Å²) in [5.41, 5.74) is 3.04. The Balaban J connectivity index is 1.63. The molecule has 0 saturated heterocycles. The first-order chi connectivity index (χ1) is 12.3. The molecule has 1 aromatic carbocycles. The van der Waals surface area contributed by atoms with Gasteiger partial charge in [-0.3, -0.25) is 0 Å². The van der Waals surface area contributed by atoms with Gasteiger partial charge < -0.3 is 14.5 Å². The lowest BCUT2D eigenvalue weighted by molar-refractivity contribution is -0.107. The van der Waals surface area contributed by atoms with Crippen molar-refractivity contribution in [3.8, 4) is 17.1 Å². The maximum atomic E-state index is 10.3. The number of ether oxygens (including phenoxy) is 1. The third-order valence-corrected chi connectivity index (χ3v) is 4.30. The minimum absolute atomic E-state index is 0.622. The molecule has 2 heterocycles. The fourth-order valence-corrected chi connectivity index (χ4v) is 2.90. The van der Waals surface area contributed by atoms with Crippen molar-refractivity contribution < 1.29 is 9.53 Å². The molecule has 130 valence electrons. The molecular weight excluding hydrogens is 314 g/mol. The molecule has 3 rings (SSSR count). The lowest BCUT2D eigenvalue weighted by Crippen LogP contribution is -1.90. The Morgan fingerprint density at radius 1 is 1.12 bits per heavy atom. The summed E-state index contributed by atoms with van der Waals surface area (Å²) in [7, 11) is 1.62. The molecule has 0 bridgehead atoms. The van der Waals surface area contributed by atoms with Crippen LogP contribution in [0.15, 0.2) is 36.5 Å². The van der Waals surface area contributed by atoms with Crippen LogP contribution in [0.1, 0.15) is 37.9 Å². The maximum Gasteiger partial charge on any atom is 0.213 e. The summed E-state index contributed by atoms with van der Waals surface area (Å²) < 4.78 is 5.16. The van der Waals surface area contributed by atoms with E-state index in [4.69, 9.17) is 4.74 Å². The molecule has 0 amide bonds. The quantitative estimate of drug-likeness (QED) is 0.466. The van der Waals surface area contributed by atoms with Gasteiger partial charge in [-0.15, -0.1) is 0 Å². The molecule has 5 heteroatoms. The van der Waals surface area contributed by atoms with Crippen molar-refractivity contribution in [3.05, 3.63) is 42.4 Å². The monoisotopic (exact) mass is 337 g/mol. The van der Waals surface area contributed by atoms with E-state index in [0.717, 1.165) is 66.4 Å². The van der Waals surface area contributed by atoms with Crippen LogP contribution in [0.25, 0.3) is 22.2 Å². The Morgan fingerprint density at radius 2 is 2.00 bits per heavy atom. The van der Waals surface area contributed by atoms with Crippen LogP contribution in [0.4, 0.5) is 0 Å². The zero-order valence-corrected chi connectivity index (χ0v) is 14.5. The number of nitrogens with one attached hydrogen (secondary N) is 1. The van der Waals surface area contributed by atoms with Gasteiger partial charge in [0.15, 0.2) is 0 Å². The average Bonchev–Trinajstić information content (AvgIpc) is 3.12. The van der Waals surface area contributed by atoms with Gasteiger partial charge in [0.05, 0.1) is 24.5 Å². The number of aromatic nitrogens is 3. The maximum absolute atomic E-state index is 10.3. The smallest absolute Gasteiger partial charge is 0.213 e. The number of imidazole rings is 1. The first-order valence-electron chi connectivity index (χ1n) is 8.73. The lowest BCUT2D eigenvalue weighted by Gasteiger charge is -2.04. The fraction of sp³-hybridized carbons (Fsp3) is 0.350. The topological polar surface area (TPSA) is 67.9 Å². The van der Waals surface area contributed by atoms with E-state index in [-0.39, 0.29) is 0 Å². The van der Waals surface area contributed by atoms with Crippen molar-refractivity contribution in [2.45, 2.75) is 38.5 Å². The number of pyridine rings is 1. The summed E-state index contributed by atoms with van der Waals surface area (Å²) in [5, 5.41) is 1.07. The predicted molar refractivity (Wildman–Crippen MR) is 98.7 cm³/mol.